The van der Waals surface area contributed by atoms with E-state index >= 15 is 0 Å². The number of hydrogen-bond acceptors (Lipinski definition) is 6. The molecule has 0 aliphatic carbocycles. The third kappa shape index (κ3) is 4.48. The Hall–Kier alpha value is -1.97. The van der Waals surface area contributed by atoms with Crippen molar-refractivity contribution in [2.24, 2.45) is 0 Å². The molecular formula is C18H21FN4O2S2. The fourth-order valence-electron chi connectivity index (χ4n) is 2.93. The summed E-state index contributed by atoms with van der Waals surface area (Å²) in [6, 6.07) is 6.17. The largest absolute Gasteiger partial charge is 0.468 e. The predicted molar refractivity (Wildman–Crippen MR) is 106 cm³/mol. The summed E-state index contributed by atoms with van der Waals surface area (Å²) >= 11 is 7.20. The van der Waals surface area contributed by atoms with E-state index < -0.39 is 0 Å². The number of ether oxygens (including phenoxy) is 1. The van der Waals surface area contributed by atoms with Gasteiger partial charge in [0.1, 0.15) is 11.1 Å². The van der Waals surface area contributed by atoms with Crippen LogP contribution in [0.3, 0.4) is 0 Å². The van der Waals surface area contributed by atoms with Crippen LogP contribution in [-0.2, 0) is 22.7 Å². The van der Waals surface area contributed by atoms with Gasteiger partial charge in [-0.2, -0.15) is 5.10 Å². The van der Waals surface area contributed by atoms with E-state index in [0.29, 0.717) is 30.4 Å². The lowest BCUT2D eigenvalue weighted by Gasteiger charge is -2.30. The number of nitrogens with zero attached hydrogens (tertiary/aromatic N) is 4. The molecule has 1 saturated heterocycles. The molecule has 1 fully saturated rings. The van der Waals surface area contributed by atoms with Crippen molar-refractivity contribution >= 4 is 29.9 Å². The first kappa shape index (κ1) is 19.8. The van der Waals surface area contributed by atoms with Crippen molar-refractivity contribution in [2.75, 3.05) is 26.0 Å². The van der Waals surface area contributed by atoms with E-state index in [4.69, 9.17) is 17.0 Å². The number of aromatic nitrogens is 3. The maximum atomic E-state index is 13.3. The number of thioether (sulfide) groups is 1. The molecule has 0 bridgehead atoms. The van der Waals surface area contributed by atoms with Crippen molar-refractivity contribution in [3.05, 3.63) is 47.5 Å². The van der Waals surface area contributed by atoms with E-state index in [1.165, 1.54) is 19.2 Å². The van der Waals surface area contributed by atoms with Gasteiger partial charge in [-0.25, -0.2) is 9.07 Å². The van der Waals surface area contributed by atoms with E-state index in [1.54, 1.807) is 34.7 Å². The van der Waals surface area contributed by atoms with E-state index in [2.05, 4.69) is 16.6 Å². The molecule has 3 rings (SSSR count). The topological polar surface area (TPSA) is 52.3 Å². The molecule has 2 aromatic rings. The molecule has 2 heterocycles. The Morgan fingerprint density at radius 3 is 2.89 bits per heavy atom. The smallest absolute Gasteiger partial charge is 0.320 e. The van der Waals surface area contributed by atoms with Gasteiger partial charge in [-0.05, 0) is 36.5 Å². The number of esters is 1. The second kappa shape index (κ2) is 8.81. The molecule has 1 aromatic carbocycles. The van der Waals surface area contributed by atoms with Crippen LogP contribution in [0.5, 0.6) is 0 Å². The Morgan fingerprint density at radius 1 is 1.48 bits per heavy atom. The zero-order chi connectivity index (χ0) is 19.4. The quantitative estimate of drug-likeness (QED) is 0.416. The fraction of sp³-hybridized carbons (Fsp3) is 0.389. The molecule has 1 aliphatic heterocycles. The molecule has 1 aromatic heterocycles. The van der Waals surface area contributed by atoms with Gasteiger partial charge >= 0.3 is 5.97 Å². The number of rotatable bonds is 6. The highest BCUT2D eigenvalue weighted by Crippen LogP contribution is 2.22. The minimum absolute atomic E-state index is 0.204. The minimum atomic E-state index is -0.299. The Bertz CT molecular complexity index is 878. The van der Waals surface area contributed by atoms with Crippen LogP contribution in [0.4, 0.5) is 4.39 Å². The van der Waals surface area contributed by atoms with E-state index in [9.17, 15) is 9.18 Å². The summed E-state index contributed by atoms with van der Waals surface area (Å²) in [6.45, 7) is 6.18. The van der Waals surface area contributed by atoms with Gasteiger partial charge in [-0.3, -0.25) is 14.3 Å². The SMILES string of the molecule is C=CCn1c(-c2ccc(F)cc2)nn(CN2CCS[C@H](C(=O)OC)C2)c1=S. The summed E-state index contributed by atoms with van der Waals surface area (Å²) in [7, 11) is 1.41. The highest BCUT2D eigenvalue weighted by atomic mass is 32.2. The summed E-state index contributed by atoms with van der Waals surface area (Å²) in [6.07, 6.45) is 1.75. The van der Waals surface area contributed by atoms with E-state index in [0.717, 1.165) is 17.9 Å². The molecule has 144 valence electrons. The molecule has 0 spiro atoms. The van der Waals surface area contributed by atoms with Gasteiger partial charge in [0.05, 0.1) is 13.8 Å². The monoisotopic (exact) mass is 408 g/mol. The normalized spacial score (nSPS) is 17.6. The van der Waals surface area contributed by atoms with Gasteiger partial charge in [-0.15, -0.1) is 18.3 Å². The molecule has 0 radical (unpaired) electrons. The van der Waals surface area contributed by atoms with E-state index in [-0.39, 0.29) is 17.0 Å². The average Bonchev–Trinajstić information content (AvgIpc) is 2.98. The van der Waals surface area contributed by atoms with Crippen LogP contribution in [0.2, 0.25) is 0 Å². The Balaban J connectivity index is 1.86. The second-order valence-corrected chi connectivity index (χ2v) is 7.79. The number of halogens is 1. The number of methoxy groups -OCH3 is 1. The molecule has 6 nitrogen and oxygen atoms in total. The van der Waals surface area contributed by atoms with Gasteiger partial charge < -0.3 is 4.74 Å². The fourth-order valence-corrected chi connectivity index (χ4v) is 4.39. The summed E-state index contributed by atoms with van der Waals surface area (Å²) in [4.78, 5) is 14.0. The summed E-state index contributed by atoms with van der Waals surface area (Å²) in [5.41, 5.74) is 0.782. The lowest BCUT2D eigenvalue weighted by atomic mass is 10.2. The van der Waals surface area contributed by atoms with Gasteiger partial charge in [0, 0.05) is 31.0 Å². The zero-order valence-corrected chi connectivity index (χ0v) is 16.6. The van der Waals surface area contributed by atoms with Crippen LogP contribution in [0.15, 0.2) is 36.9 Å². The second-order valence-electron chi connectivity index (χ2n) is 6.11. The molecule has 0 unspecified atom stereocenters. The molecular weight excluding hydrogens is 387 g/mol. The van der Waals surface area contributed by atoms with Gasteiger partial charge in [0.2, 0.25) is 0 Å². The molecule has 1 aliphatic rings. The van der Waals surface area contributed by atoms with E-state index in [1.807, 2.05) is 4.57 Å². The lowest BCUT2D eigenvalue weighted by Crippen LogP contribution is -2.42. The van der Waals surface area contributed by atoms with Crippen molar-refractivity contribution in [2.45, 2.75) is 18.5 Å². The minimum Gasteiger partial charge on any atom is -0.468 e. The van der Waals surface area contributed by atoms with Crippen molar-refractivity contribution < 1.29 is 13.9 Å². The first-order valence-electron chi connectivity index (χ1n) is 8.49. The Morgan fingerprint density at radius 2 is 2.22 bits per heavy atom. The molecule has 0 amide bonds. The maximum absolute atomic E-state index is 13.3. The molecule has 0 saturated carbocycles. The summed E-state index contributed by atoms with van der Waals surface area (Å²) < 4.78 is 22.3. The first-order valence-corrected chi connectivity index (χ1v) is 9.95. The van der Waals surface area contributed by atoms with Crippen LogP contribution in [0.1, 0.15) is 0 Å². The van der Waals surface area contributed by atoms with Gasteiger partial charge in [0.15, 0.2) is 10.6 Å². The van der Waals surface area contributed by atoms with Crippen molar-refractivity contribution in [3.8, 4) is 11.4 Å². The third-order valence-electron chi connectivity index (χ3n) is 4.29. The average molecular weight is 409 g/mol. The zero-order valence-electron chi connectivity index (χ0n) is 15.0. The molecule has 1 atom stereocenters. The number of benzene rings is 1. The van der Waals surface area contributed by atoms with Crippen molar-refractivity contribution in [3.63, 3.8) is 0 Å². The maximum Gasteiger partial charge on any atom is 0.320 e. The Kier molecular flexibility index (Phi) is 6.46. The standard InChI is InChI=1S/C18H21FN4O2S2/c1-3-8-22-16(13-4-6-14(19)7-5-13)20-23(18(22)26)12-21-9-10-27-15(11-21)17(24)25-2/h3-7,15H,1,8-12H2,2H3/t15-/m0/s1. The number of hydrogen-bond donors (Lipinski definition) is 0. The van der Waals surface area contributed by atoms with Gasteiger partial charge in [0.25, 0.3) is 0 Å². The number of allylic oxidation sites excluding steroid dienone is 1. The molecule has 9 heteroatoms. The van der Waals surface area contributed by atoms with Crippen LogP contribution in [0.25, 0.3) is 11.4 Å². The van der Waals surface area contributed by atoms with Crippen LogP contribution >= 0.6 is 24.0 Å². The Labute approximate surface area is 166 Å². The van der Waals surface area contributed by atoms with Crippen LogP contribution in [-0.4, -0.2) is 56.4 Å². The molecule has 0 N–H and O–H groups in total. The number of carbonyl (C=O) groups is 1. The first-order chi connectivity index (χ1) is 13.0. The van der Waals surface area contributed by atoms with Gasteiger partial charge in [-0.1, -0.05) is 6.08 Å². The van der Waals surface area contributed by atoms with Crippen LogP contribution < -0.4 is 0 Å². The summed E-state index contributed by atoms with van der Waals surface area (Å²) in [5, 5.41) is 4.45. The molecule has 27 heavy (non-hydrogen) atoms. The summed E-state index contributed by atoms with van der Waals surface area (Å²) in [5.74, 6) is 0.991. The van der Waals surface area contributed by atoms with Crippen molar-refractivity contribution in [1.82, 2.24) is 19.2 Å². The third-order valence-corrected chi connectivity index (χ3v) is 5.88. The van der Waals surface area contributed by atoms with Crippen LogP contribution in [0, 0.1) is 10.6 Å². The highest BCUT2D eigenvalue weighted by molar-refractivity contribution is 8.00. The highest BCUT2D eigenvalue weighted by Gasteiger charge is 2.27. The van der Waals surface area contributed by atoms with Crippen molar-refractivity contribution in [1.29, 1.82) is 0 Å². The predicted octanol–water partition coefficient (Wildman–Crippen LogP) is 2.95. The lowest BCUT2D eigenvalue weighted by molar-refractivity contribution is -0.140. The number of carbonyl (C=O) groups excluding carboxylic acids is 1.